The van der Waals surface area contributed by atoms with Crippen molar-refractivity contribution in [2.24, 2.45) is 4.99 Å². The summed E-state index contributed by atoms with van der Waals surface area (Å²) in [6.07, 6.45) is 5.91. The maximum Gasteiger partial charge on any atom is 0.0631 e. The third-order valence-corrected chi connectivity index (χ3v) is 4.34. The van der Waals surface area contributed by atoms with Gasteiger partial charge in [-0.1, -0.05) is 12.1 Å². The minimum absolute atomic E-state index is 1.00. The molecule has 3 nitrogen and oxygen atoms in total. The molecular weight excluding hydrogens is 282 g/mol. The Morgan fingerprint density at radius 1 is 0.870 bits per heavy atom. The smallest absolute Gasteiger partial charge is 0.0631 e. The van der Waals surface area contributed by atoms with Crippen molar-refractivity contribution in [1.29, 1.82) is 0 Å². The van der Waals surface area contributed by atoms with Gasteiger partial charge in [0.25, 0.3) is 0 Å². The molecule has 0 spiro atoms. The number of hydrogen-bond donors (Lipinski definition) is 0. The van der Waals surface area contributed by atoms with Crippen LogP contribution in [0.15, 0.2) is 53.5 Å². The first-order valence-electron chi connectivity index (χ1n) is 8.39. The normalized spacial score (nSPS) is 15.1. The lowest BCUT2D eigenvalue weighted by molar-refractivity contribution is 0.578. The minimum atomic E-state index is 1.00. The highest BCUT2D eigenvalue weighted by Gasteiger charge is 2.10. The third-order valence-electron chi connectivity index (χ3n) is 4.34. The molecular formula is C20H25N3. The standard InChI is InChI=1S/C20H25N3/c1-22(2)19-10-6-17(7-11-19)16-21-18-8-12-20(13-9-18)23-14-4-3-5-15-23/h6-13,16H,3-5,14-15H2,1-2H3. The maximum absolute atomic E-state index is 4.58. The molecule has 0 N–H and O–H groups in total. The SMILES string of the molecule is CN(C)c1ccc(C=Nc2ccc(N3CCCCC3)cc2)cc1. The Morgan fingerprint density at radius 2 is 1.52 bits per heavy atom. The Balaban J connectivity index is 1.65. The largest absolute Gasteiger partial charge is 0.378 e. The summed E-state index contributed by atoms with van der Waals surface area (Å²) in [5.74, 6) is 0. The van der Waals surface area contributed by atoms with E-state index in [0.29, 0.717) is 0 Å². The summed E-state index contributed by atoms with van der Waals surface area (Å²) in [7, 11) is 4.10. The average molecular weight is 307 g/mol. The predicted octanol–water partition coefficient (Wildman–Crippen LogP) is 4.49. The van der Waals surface area contributed by atoms with E-state index < -0.39 is 0 Å². The first-order valence-corrected chi connectivity index (χ1v) is 8.39. The lowest BCUT2D eigenvalue weighted by atomic mass is 10.1. The summed E-state index contributed by atoms with van der Waals surface area (Å²) < 4.78 is 0. The van der Waals surface area contributed by atoms with Gasteiger partial charge in [0.1, 0.15) is 0 Å². The second-order valence-corrected chi connectivity index (χ2v) is 6.31. The fourth-order valence-electron chi connectivity index (χ4n) is 2.91. The Morgan fingerprint density at radius 3 is 2.13 bits per heavy atom. The fourth-order valence-corrected chi connectivity index (χ4v) is 2.91. The predicted molar refractivity (Wildman–Crippen MR) is 101 cm³/mol. The highest BCUT2D eigenvalue weighted by atomic mass is 15.1. The molecule has 1 aliphatic rings. The van der Waals surface area contributed by atoms with Gasteiger partial charge >= 0.3 is 0 Å². The number of nitrogens with zero attached hydrogens (tertiary/aromatic N) is 3. The average Bonchev–Trinajstić information content (AvgIpc) is 2.61. The molecule has 0 radical (unpaired) electrons. The van der Waals surface area contributed by atoms with Crippen molar-refractivity contribution < 1.29 is 0 Å². The molecule has 1 saturated heterocycles. The van der Waals surface area contributed by atoms with Crippen LogP contribution >= 0.6 is 0 Å². The molecule has 120 valence electrons. The van der Waals surface area contributed by atoms with Crippen LogP contribution in [0.1, 0.15) is 24.8 Å². The van der Waals surface area contributed by atoms with Crippen molar-refractivity contribution >= 4 is 23.3 Å². The molecule has 1 heterocycles. The van der Waals surface area contributed by atoms with E-state index in [-0.39, 0.29) is 0 Å². The van der Waals surface area contributed by atoms with Gasteiger partial charge in [-0.05, 0) is 61.2 Å². The van der Waals surface area contributed by atoms with Gasteiger partial charge in [0.05, 0.1) is 5.69 Å². The van der Waals surface area contributed by atoms with Crippen LogP contribution in [-0.2, 0) is 0 Å². The van der Waals surface area contributed by atoms with Gasteiger partial charge in [0, 0.05) is 44.8 Å². The van der Waals surface area contributed by atoms with Crippen LogP contribution in [0.25, 0.3) is 0 Å². The van der Waals surface area contributed by atoms with Gasteiger partial charge in [0.15, 0.2) is 0 Å². The van der Waals surface area contributed by atoms with Crippen LogP contribution in [0.3, 0.4) is 0 Å². The van der Waals surface area contributed by atoms with Gasteiger partial charge in [-0.25, -0.2) is 0 Å². The molecule has 3 heteroatoms. The first kappa shape index (κ1) is 15.6. The first-order chi connectivity index (χ1) is 11.2. The third kappa shape index (κ3) is 4.13. The molecule has 23 heavy (non-hydrogen) atoms. The van der Waals surface area contributed by atoms with Gasteiger partial charge in [0.2, 0.25) is 0 Å². The zero-order chi connectivity index (χ0) is 16.1. The van der Waals surface area contributed by atoms with E-state index in [1.165, 1.54) is 43.7 Å². The zero-order valence-corrected chi connectivity index (χ0v) is 14.1. The summed E-state index contributed by atoms with van der Waals surface area (Å²) in [4.78, 5) is 9.15. The van der Waals surface area contributed by atoms with Crippen molar-refractivity contribution in [2.45, 2.75) is 19.3 Å². The number of aliphatic imine (C=N–C) groups is 1. The lowest BCUT2D eigenvalue weighted by Crippen LogP contribution is -2.29. The molecule has 0 unspecified atom stereocenters. The van der Waals surface area contributed by atoms with Crippen LogP contribution in [0.2, 0.25) is 0 Å². The summed E-state index contributed by atoms with van der Waals surface area (Å²) in [6.45, 7) is 2.36. The number of piperidine rings is 1. The Hall–Kier alpha value is -2.29. The number of hydrogen-bond acceptors (Lipinski definition) is 3. The van der Waals surface area contributed by atoms with Crippen molar-refractivity contribution in [3.05, 3.63) is 54.1 Å². The summed E-state index contributed by atoms with van der Waals surface area (Å²) >= 11 is 0. The van der Waals surface area contributed by atoms with Crippen molar-refractivity contribution in [3.8, 4) is 0 Å². The molecule has 0 bridgehead atoms. The van der Waals surface area contributed by atoms with E-state index >= 15 is 0 Å². The highest BCUT2D eigenvalue weighted by Crippen LogP contribution is 2.23. The van der Waals surface area contributed by atoms with E-state index in [1.54, 1.807) is 0 Å². The van der Waals surface area contributed by atoms with Crippen LogP contribution in [0.4, 0.5) is 17.1 Å². The molecule has 0 aliphatic carbocycles. The monoisotopic (exact) mass is 307 g/mol. The van der Waals surface area contributed by atoms with Crippen molar-refractivity contribution in [3.63, 3.8) is 0 Å². The summed E-state index contributed by atoms with van der Waals surface area (Å²) in [5, 5.41) is 0. The number of anilines is 2. The van der Waals surface area contributed by atoms with Crippen LogP contribution < -0.4 is 9.80 Å². The van der Waals surface area contributed by atoms with E-state index in [1.807, 2.05) is 20.3 Å². The van der Waals surface area contributed by atoms with Crippen LogP contribution in [-0.4, -0.2) is 33.4 Å². The topological polar surface area (TPSA) is 18.8 Å². The molecule has 2 aromatic rings. The minimum Gasteiger partial charge on any atom is -0.378 e. The zero-order valence-electron chi connectivity index (χ0n) is 14.1. The molecule has 0 aromatic heterocycles. The second-order valence-electron chi connectivity index (χ2n) is 6.31. The van der Waals surface area contributed by atoms with Gasteiger partial charge in [-0.3, -0.25) is 4.99 Å². The quantitative estimate of drug-likeness (QED) is 0.775. The molecule has 2 aromatic carbocycles. The van der Waals surface area contributed by atoms with E-state index in [9.17, 15) is 0 Å². The van der Waals surface area contributed by atoms with E-state index in [2.05, 4.69) is 63.3 Å². The lowest BCUT2D eigenvalue weighted by Gasteiger charge is -2.28. The molecule has 3 rings (SSSR count). The van der Waals surface area contributed by atoms with Crippen LogP contribution in [0, 0.1) is 0 Å². The maximum atomic E-state index is 4.58. The summed E-state index contributed by atoms with van der Waals surface area (Å²) in [5.41, 5.74) is 4.64. The van der Waals surface area contributed by atoms with Gasteiger partial charge < -0.3 is 9.80 Å². The fraction of sp³-hybridized carbons (Fsp3) is 0.350. The second kappa shape index (κ2) is 7.32. The Kier molecular flexibility index (Phi) is 4.96. The van der Waals surface area contributed by atoms with Crippen molar-refractivity contribution in [2.75, 3.05) is 37.0 Å². The van der Waals surface area contributed by atoms with E-state index in [4.69, 9.17) is 0 Å². The van der Waals surface area contributed by atoms with E-state index in [0.717, 1.165) is 11.3 Å². The highest BCUT2D eigenvalue weighted by molar-refractivity contribution is 5.82. The van der Waals surface area contributed by atoms with Crippen molar-refractivity contribution in [1.82, 2.24) is 0 Å². The summed E-state index contributed by atoms with van der Waals surface area (Å²) in [6, 6.07) is 17.0. The molecule has 0 saturated carbocycles. The molecule has 0 amide bonds. The number of benzene rings is 2. The van der Waals surface area contributed by atoms with Gasteiger partial charge in [-0.2, -0.15) is 0 Å². The Labute approximate surface area is 139 Å². The van der Waals surface area contributed by atoms with Crippen LogP contribution in [0.5, 0.6) is 0 Å². The van der Waals surface area contributed by atoms with Gasteiger partial charge in [-0.15, -0.1) is 0 Å². The molecule has 0 atom stereocenters. The Bertz CT molecular complexity index is 636. The number of rotatable bonds is 4. The molecule has 1 fully saturated rings. The molecule has 1 aliphatic heterocycles.